The fourth-order valence-electron chi connectivity index (χ4n) is 2.29. The molecule has 0 aliphatic rings. The Hall–Kier alpha value is 0.650. The molecule has 17 heavy (non-hydrogen) atoms. The van der Waals surface area contributed by atoms with Crippen molar-refractivity contribution in [1.82, 2.24) is 0 Å². The Morgan fingerprint density at radius 3 is 1.35 bits per heavy atom. The van der Waals surface area contributed by atoms with Crippen LogP contribution in [0.15, 0.2) is 11.9 Å². The molecule has 0 bridgehead atoms. The summed E-state index contributed by atoms with van der Waals surface area (Å²) in [6.07, 6.45) is 15.2. The monoisotopic (exact) mass is 322 g/mol. The first-order valence-electron chi connectivity index (χ1n) is 7.24. The van der Waals surface area contributed by atoms with Gasteiger partial charge < -0.3 is 17.0 Å². The average molecular weight is 323 g/mol. The Kier molecular flexibility index (Phi) is 15.4. The summed E-state index contributed by atoms with van der Waals surface area (Å²) < 4.78 is 0. The summed E-state index contributed by atoms with van der Waals surface area (Å²) >= 11 is 0. The molecule has 0 atom stereocenters. The second kappa shape index (κ2) is 13.1. The molecule has 0 amide bonds. The van der Waals surface area contributed by atoms with Crippen LogP contribution in [0.1, 0.15) is 66.2 Å². The molecule has 104 valence electrons. The summed E-state index contributed by atoms with van der Waals surface area (Å²) in [7, 11) is -0.726. The molecule has 0 aromatic carbocycles. The smallest absolute Gasteiger partial charge is 0.0635 e. The largest absolute Gasteiger partial charge is 1.00 e. The average Bonchev–Trinajstić information content (AvgIpc) is 2.31. The Morgan fingerprint density at radius 2 is 1.12 bits per heavy atom. The summed E-state index contributed by atoms with van der Waals surface area (Å²) in [6, 6.07) is 0. The van der Waals surface area contributed by atoms with Gasteiger partial charge >= 0.3 is 0 Å². The maximum Gasteiger partial charge on any atom is 0.0635 e. The van der Waals surface area contributed by atoms with Crippen molar-refractivity contribution in [3.63, 3.8) is 0 Å². The first-order chi connectivity index (χ1) is 7.74. The standard InChI is InChI=1S/C15H32P.BrH/c1-5-9-13-16(12-8-4,14-10-6-2)15-11-7-3;/h8,12H,5-7,9-11,13-15H2,1-4H3;1H/q+1;/p-1. The van der Waals surface area contributed by atoms with Gasteiger partial charge in [0, 0.05) is 7.26 Å². The maximum absolute atomic E-state index is 2.62. The molecular formula is C15H32BrP. The van der Waals surface area contributed by atoms with Crippen molar-refractivity contribution in [2.45, 2.75) is 66.2 Å². The number of hydrogen-bond acceptors (Lipinski definition) is 0. The van der Waals surface area contributed by atoms with E-state index in [0.717, 1.165) is 0 Å². The van der Waals surface area contributed by atoms with E-state index < -0.39 is 7.26 Å². The molecule has 0 nitrogen and oxygen atoms in total. The van der Waals surface area contributed by atoms with E-state index in [9.17, 15) is 0 Å². The van der Waals surface area contributed by atoms with E-state index in [4.69, 9.17) is 0 Å². The lowest BCUT2D eigenvalue weighted by atomic mass is 10.4. The van der Waals surface area contributed by atoms with E-state index in [-0.39, 0.29) is 17.0 Å². The highest BCUT2D eigenvalue weighted by atomic mass is 79.9. The molecule has 0 aliphatic heterocycles. The Balaban J connectivity index is 0. The van der Waals surface area contributed by atoms with Gasteiger partial charge in [-0.1, -0.05) is 46.1 Å². The molecule has 0 unspecified atom stereocenters. The highest BCUT2D eigenvalue weighted by molar-refractivity contribution is 7.78. The number of rotatable bonds is 10. The molecule has 0 heterocycles. The van der Waals surface area contributed by atoms with Crippen LogP contribution in [0.2, 0.25) is 0 Å². The van der Waals surface area contributed by atoms with E-state index >= 15 is 0 Å². The first kappa shape index (κ1) is 20.0. The molecule has 0 radical (unpaired) electrons. The van der Waals surface area contributed by atoms with E-state index in [0.29, 0.717) is 0 Å². The quantitative estimate of drug-likeness (QED) is 0.542. The van der Waals surface area contributed by atoms with Crippen molar-refractivity contribution in [3.8, 4) is 0 Å². The molecule has 0 saturated heterocycles. The van der Waals surface area contributed by atoms with Gasteiger partial charge in [0.25, 0.3) is 0 Å². The molecule has 0 aliphatic carbocycles. The fraction of sp³-hybridized carbons (Fsp3) is 0.867. The van der Waals surface area contributed by atoms with Crippen LogP contribution in [0.5, 0.6) is 0 Å². The van der Waals surface area contributed by atoms with E-state index in [2.05, 4.69) is 39.6 Å². The Bertz CT molecular complexity index is 156. The predicted octanol–water partition coefficient (Wildman–Crippen LogP) is 2.94. The van der Waals surface area contributed by atoms with Crippen molar-refractivity contribution in [3.05, 3.63) is 11.9 Å². The first-order valence-corrected chi connectivity index (χ1v) is 9.65. The minimum absolute atomic E-state index is 0. The van der Waals surface area contributed by atoms with Crippen LogP contribution in [0.3, 0.4) is 0 Å². The number of hydrogen-bond donors (Lipinski definition) is 0. The summed E-state index contributed by atoms with van der Waals surface area (Å²) in [5.41, 5.74) is 0. The highest BCUT2D eigenvalue weighted by Gasteiger charge is 2.32. The van der Waals surface area contributed by atoms with Crippen LogP contribution >= 0.6 is 7.26 Å². The topological polar surface area (TPSA) is 0 Å². The fourth-order valence-corrected chi connectivity index (χ4v) is 6.88. The van der Waals surface area contributed by atoms with Gasteiger partial charge in [-0.25, -0.2) is 0 Å². The zero-order valence-electron chi connectivity index (χ0n) is 12.3. The lowest BCUT2D eigenvalue weighted by molar-refractivity contribution is -0.00000375. The van der Waals surface area contributed by atoms with Crippen molar-refractivity contribution < 1.29 is 17.0 Å². The van der Waals surface area contributed by atoms with Crippen molar-refractivity contribution in [1.29, 1.82) is 0 Å². The summed E-state index contributed by atoms with van der Waals surface area (Å²) in [4.78, 5) is 0. The second-order valence-electron chi connectivity index (χ2n) is 4.93. The Labute approximate surface area is 121 Å². The van der Waals surface area contributed by atoms with Gasteiger partial charge in [-0.2, -0.15) is 0 Å². The predicted molar refractivity (Wildman–Crippen MR) is 81.1 cm³/mol. The second-order valence-corrected chi connectivity index (χ2v) is 9.01. The van der Waals surface area contributed by atoms with Crippen molar-refractivity contribution in [2.75, 3.05) is 18.5 Å². The van der Waals surface area contributed by atoms with Crippen molar-refractivity contribution >= 4 is 7.26 Å². The summed E-state index contributed by atoms with van der Waals surface area (Å²) in [5, 5.41) is 0. The zero-order chi connectivity index (χ0) is 12.3. The lowest BCUT2D eigenvalue weighted by Gasteiger charge is -2.24. The minimum Gasteiger partial charge on any atom is -1.00 e. The third-order valence-corrected chi connectivity index (χ3v) is 7.89. The van der Waals surface area contributed by atoms with Gasteiger partial charge in [-0.05, 0) is 26.2 Å². The minimum atomic E-state index is -0.726. The molecule has 0 aromatic heterocycles. The normalized spacial score (nSPS) is 11.8. The summed E-state index contributed by atoms with van der Waals surface area (Å²) in [6.45, 7) is 9.18. The van der Waals surface area contributed by atoms with Gasteiger partial charge in [0.1, 0.15) is 0 Å². The molecule has 0 N–H and O–H groups in total. The molecular weight excluding hydrogens is 291 g/mol. The number of allylic oxidation sites excluding steroid dienone is 1. The highest BCUT2D eigenvalue weighted by Crippen LogP contribution is 2.62. The van der Waals surface area contributed by atoms with Gasteiger partial charge in [0.05, 0.1) is 24.3 Å². The summed E-state index contributed by atoms with van der Waals surface area (Å²) in [5.74, 6) is 2.62. The van der Waals surface area contributed by atoms with Crippen LogP contribution in [0, 0.1) is 0 Å². The number of halogens is 1. The van der Waals surface area contributed by atoms with Crippen LogP contribution in [0.25, 0.3) is 0 Å². The van der Waals surface area contributed by atoms with Crippen molar-refractivity contribution in [2.24, 2.45) is 0 Å². The lowest BCUT2D eigenvalue weighted by Crippen LogP contribution is -3.00. The third kappa shape index (κ3) is 9.25. The Morgan fingerprint density at radius 1 is 0.765 bits per heavy atom. The molecule has 0 fully saturated rings. The molecule has 2 heteroatoms. The number of unbranched alkanes of at least 4 members (excludes halogenated alkanes) is 3. The SMILES string of the molecule is CC=C[P+](CCCC)(CCCC)CCCC.[Br-]. The van der Waals surface area contributed by atoms with Crippen LogP contribution in [-0.2, 0) is 0 Å². The zero-order valence-corrected chi connectivity index (χ0v) is 14.8. The van der Waals surface area contributed by atoms with Crippen LogP contribution in [-0.4, -0.2) is 18.5 Å². The van der Waals surface area contributed by atoms with Crippen LogP contribution in [0.4, 0.5) is 0 Å². The van der Waals surface area contributed by atoms with E-state index in [1.165, 1.54) is 57.0 Å². The van der Waals surface area contributed by atoms with Gasteiger partial charge in [-0.15, -0.1) is 0 Å². The molecule has 0 spiro atoms. The molecule has 0 rings (SSSR count). The van der Waals surface area contributed by atoms with Gasteiger partial charge in [0.2, 0.25) is 0 Å². The van der Waals surface area contributed by atoms with E-state index in [1.807, 2.05) is 0 Å². The molecule has 0 aromatic rings. The molecule has 0 saturated carbocycles. The third-order valence-electron chi connectivity index (χ3n) is 3.34. The van der Waals surface area contributed by atoms with Crippen LogP contribution < -0.4 is 17.0 Å². The van der Waals surface area contributed by atoms with Gasteiger partial charge in [0.15, 0.2) is 0 Å². The maximum atomic E-state index is 2.62. The van der Waals surface area contributed by atoms with Gasteiger partial charge in [-0.3, -0.25) is 0 Å². The van der Waals surface area contributed by atoms with E-state index in [1.54, 1.807) is 0 Å².